The predicted octanol–water partition coefficient (Wildman–Crippen LogP) is 2.47. The van der Waals surface area contributed by atoms with E-state index in [1.807, 2.05) is 24.4 Å². The Labute approximate surface area is 118 Å². The Balaban J connectivity index is 0.000000853. The summed E-state index contributed by atoms with van der Waals surface area (Å²) in [4.78, 5) is 4.41. The number of rotatable bonds is 0. The van der Waals surface area contributed by atoms with Gasteiger partial charge in [0.2, 0.25) is 0 Å². The Morgan fingerprint density at radius 2 is 1.40 bits per heavy atom. The Kier molecular flexibility index (Phi) is 3.25. The van der Waals surface area contributed by atoms with Crippen molar-refractivity contribution in [1.29, 1.82) is 0 Å². The van der Waals surface area contributed by atoms with E-state index in [0.29, 0.717) is 0 Å². The first-order valence-corrected chi connectivity index (χ1v) is 4.68. The van der Waals surface area contributed by atoms with Crippen molar-refractivity contribution < 1.29 is 0 Å². The molecular formula is C13H11CaN. The fourth-order valence-corrected chi connectivity index (χ4v) is 1.81. The van der Waals surface area contributed by atoms with Crippen molar-refractivity contribution >= 4 is 59.4 Å². The van der Waals surface area contributed by atoms with Crippen LogP contribution in [0.1, 0.15) is 0 Å². The summed E-state index contributed by atoms with van der Waals surface area (Å²) in [5.74, 6) is 0. The maximum atomic E-state index is 4.41. The smallest absolute Gasteiger partial charge is 0.0708 e. The molecule has 0 unspecified atom stereocenters. The van der Waals surface area contributed by atoms with E-state index in [9.17, 15) is 0 Å². The Morgan fingerprint density at radius 1 is 0.733 bits per heavy atom. The fourth-order valence-electron chi connectivity index (χ4n) is 1.81. The van der Waals surface area contributed by atoms with Gasteiger partial charge >= 0.3 is 37.7 Å². The number of aromatic nitrogens is 1. The maximum absolute atomic E-state index is 4.41. The molecule has 0 atom stereocenters. The molecule has 2 heteroatoms. The largest absolute Gasteiger partial charge is 0.256 e. The molecule has 0 amide bonds. The summed E-state index contributed by atoms with van der Waals surface area (Å²) in [6.07, 6.45) is 1.93. The summed E-state index contributed by atoms with van der Waals surface area (Å²) < 4.78 is 0. The molecule has 0 aliphatic carbocycles. The fraction of sp³-hybridized carbons (Fsp3) is 0. The van der Waals surface area contributed by atoms with Crippen LogP contribution in [0.25, 0.3) is 21.7 Å². The third-order valence-electron chi connectivity index (χ3n) is 2.50. The van der Waals surface area contributed by atoms with Gasteiger partial charge in [-0.3, -0.25) is 4.98 Å². The average Bonchev–Trinajstić information content (AvgIpc) is 2.29. The van der Waals surface area contributed by atoms with Crippen LogP contribution in [0.3, 0.4) is 0 Å². The van der Waals surface area contributed by atoms with Gasteiger partial charge < -0.3 is 0 Å². The SMILES string of the molecule is [CaH2].c1ccc2c(c1)cnc1ccccc12. The number of hydrogen-bond donors (Lipinski definition) is 0. The summed E-state index contributed by atoms with van der Waals surface area (Å²) in [5.41, 5.74) is 1.06. The second kappa shape index (κ2) is 4.48. The van der Waals surface area contributed by atoms with Gasteiger partial charge in [0.15, 0.2) is 0 Å². The molecule has 70 valence electrons. The van der Waals surface area contributed by atoms with Crippen LogP contribution in [0, 0.1) is 0 Å². The normalized spacial score (nSPS) is 10.1. The van der Waals surface area contributed by atoms with Crippen LogP contribution < -0.4 is 0 Å². The average molecular weight is 221 g/mol. The molecule has 0 N–H and O–H groups in total. The van der Waals surface area contributed by atoms with E-state index in [0.717, 1.165) is 5.52 Å². The zero-order chi connectivity index (χ0) is 9.38. The molecule has 1 heterocycles. The summed E-state index contributed by atoms with van der Waals surface area (Å²) in [7, 11) is 0. The first-order chi connectivity index (χ1) is 6.95. The molecule has 2 aromatic carbocycles. The van der Waals surface area contributed by atoms with Gasteiger partial charge in [0.1, 0.15) is 0 Å². The molecule has 0 bridgehead atoms. The Bertz CT molecular complexity index is 550. The molecule has 3 rings (SSSR count). The molecule has 0 aliphatic rings. The molecule has 15 heavy (non-hydrogen) atoms. The van der Waals surface area contributed by atoms with Crippen molar-refractivity contribution in [2.24, 2.45) is 0 Å². The van der Waals surface area contributed by atoms with Gasteiger partial charge in [0.05, 0.1) is 5.52 Å². The van der Waals surface area contributed by atoms with E-state index in [1.165, 1.54) is 16.2 Å². The zero-order valence-electron chi connectivity index (χ0n) is 7.64. The van der Waals surface area contributed by atoms with Crippen molar-refractivity contribution in [2.45, 2.75) is 0 Å². The topological polar surface area (TPSA) is 12.9 Å². The van der Waals surface area contributed by atoms with E-state index in [2.05, 4.69) is 35.3 Å². The van der Waals surface area contributed by atoms with Crippen LogP contribution in [-0.4, -0.2) is 42.7 Å². The Morgan fingerprint density at radius 3 is 2.27 bits per heavy atom. The van der Waals surface area contributed by atoms with Crippen LogP contribution in [0.15, 0.2) is 54.7 Å². The molecule has 1 nitrogen and oxygen atoms in total. The summed E-state index contributed by atoms with van der Waals surface area (Å²) >= 11 is 0. The number of fused-ring (bicyclic) bond motifs is 3. The number of benzene rings is 2. The number of para-hydroxylation sites is 1. The van der Waals surface area contributed by atoms with Gasteiger partial charge in [-0.15, -0.1) is 0 Å². The summed E-state index contributed by atoms with van der Waals surface area (Å²) in [6.45, 7) is 0. The molecule has 0 fully saturated rings. The van der Waals surface area contributed by atoms with E-state index >= 15 is 0 Å². The third-order valence-corrected chi connectivity index (χ3v) is 2.50. The van der Waals surface area contributed by atoms with Crippen molar-refractivity contribution in [3.8, 4) is 0 Å². The molecule has 3 aromatic rings. The van der Waals surface area contributed by atoms with Crippen molar-refractivity contribution in [1.82, 2.24) is 4.98 Å². The molecule has 0 spiro atoms. The number of nitrogens with zero attached hydrogens (tertiary/aromatic N) is 1. The van der Waals surface area contributed by atoms with E-state index in [1.54, 1.807) is 0 Å². The van der Waals surface area contributed by atoms with Gasteiger partial charge in [-0.1, -0.05) is 42.5 Å². The maximum Gasteiger partial charge on any atom is 0.0708 e. The second-order valence-electron chi connectivity index (χ2n) is 3.36. The van der Waals surface area contributed by atoms with Gasteiger partial charge in [0, 0.05) is 17.0 Å². The van der Waals surface area contributed by atoms with E-state index in [4.69, 9.17) is 0 Å². The Hall–Kier alpha value is -0.630. The standard InChI is InChI=1S/C13H9N.Ca.2H/c1-2-6-11-10(5-1)9-14-13-8-4-3-7-12(11)13;;;/h1-9H;;;. The van der Waals surface area contributed by atoms with Crippen molar-refractivity contribution in [3.05, 3.63) is 54.7 Å². The monoisotopic (exact) mass is 221 g/mol. The van der Waals surface area contributed by atoms with Crippen LogP contribution in [0.4, 0.5) is 0 Å². The van der Waals surface area contributed by atoms with E-state index in [-0.39, 0.29) is 37.7 Å². The minimum absolute atomic E-state index is 0. The molecule has 0 radical (unpaired) electrons. The van der Waals surface area contributed by atoms with Gasteiger partial charge in [0.25, 0.3) is 0 Å². The van der Waals surface area contributed by atoms with Crippen molar-refractivity contribution in [3.63, 3.8) is 0 Å². The molecule has 0 saturated carbocycles. The van der Waals surface area contributed by atoms with E-state index < -0.39 is 0 Å². The zero-order valence-corrected chi connectivity index (χ0v) is 7.64. The second-order valence-corrected chi connectivity index (χ2v) is 3.36. The van der Waals surface area contributed by atoms with Gasteiger partial charge in [-0.25, -0.2) is 0 Å². The van der Waals surface area contributed by atoms with Crippen molar-refractivity contribution in [2.75, 3.05) is 0 Å². The van der Waals surface area contributed by atoms with Gasteiger partial charge in [-0.05, 0) is 11.5 Å². The molecule has 0 aliphatic heterocycles. The molecular weight excluding hydrogens is 210 g/mol. The molecule has 0 saturated heterocycles. The quantitative estimate of drug-likeness (QED) is 0.420. The number of hydrogen-bond acceptors (Lipinski definition) is 1. The van der Waals surface area contributed by atoms with Crippen LogP contribution in [-0.2, 0) is 0 Å². The first-order valence-electron chi connectivity index (χ1n) is 4.68. The van der Waals surface area contributed by atoms with Crippen LogP contribution in [0.5, 0.6) is 0 Å². The van der Waals surface area contributed by atoms with Crippen LogP contribution in [0.2, 0.25) is 0 Å². The minimum Gasteiger partial charge on any atom is -0.256 e. The number of pyridine rings is 1. The molecule has 1 aromatic heterocycles. The summed E-state index contributed by atoms with van der Waals surface area (Å²) in [5, 5.41) is 3.70. The minimum atomic E-state index is 0. The van der Waals surface area contributed by atoms with Crippen LogP contribution >= 0.6 is 0 Å². The summed E-state index contributed by atoms with van der Waals surface area (Å²) in [6, 6.07) is 16.6. The first kappa shape index (κ1) is 10.9. The third kappa shape index (κ3) is 1.87. The predicted molar refractivity (Wildman–Crippen MR) is 67.8 cm³/mol. The van der Waals surface area contributed by atoms with Gasteiger partial charge in [-0.2, -0.15) is 0 Å².